The van der Waals surface area contributed by atoms with Gasteiger partial charge < -0.3 is 19.9 Å². The molecular formula is C30H35N5O4S. The molecule has 210 valence electrons. The summed E-state index contributed by atoms with van der Waals surface area (Å²) < 4.78 is 31.7. The van der Waals surface area contributed by atoms with Crippen molar-refractivity contribution in [3.8, 4) is 5.88 Å². The number of para-hydroxylation sites is 1. The monoisotopic (exact) mass is 561 g/mol. The molecule has 1 aliphatic heterocycles. The summed E-state index contributed by atoms with van der Waals surface area (Å²) in [5.41, 5.74) is 3.45. The molecule has 4 aromatic rings. The van der Waals surface area contributed by atoms with Crippen molar-refractivity contribution in [2.24, 2.45) is 7.05 Å². The number of nitrogens with one attached hydrogen (secondary N) is 1. The number of anilines is 3. The first-order chi connectivity index (χ1) is 19.1. The number of nitrogens with zero attached hydrogens (tertiary/aromatic N) is 4. The molecule has 0 bridgehead atoms. The molecule has 2 aromatic heterocycles. The van der Waals surface area contributed by atoms with Crippen LogP contribution >= 0.6 is 0 Å². The third kappa shape index (κ3) is 5.36. The van der Waals surface area contributed by atoms with E-state index in [9.17, 15) is 13.2 Å². The van der Waals surface area contributed by atoms with E-state index in [2.05, 4.69) is 32.2 Å². The van der Waals surface area contributed by atoms with Gasteiger partial charge in [0.15, 0.2) is 9.84 Å². The quantitative estimate of drug-likeness (QED) is 0.360. The molecule has 0 amide bonds. The van der Waals surface area contributed by atoms with Gasteiger partial charge in [-0.05, 0) is 60.7 Å². The van der Waals surface area contributed by atoms with Gasteiger partial charge >= 0.3 is 0 Å². The van der Waals surface area contributed by atoms with Crippen LogP contribution < -0.4 is 25.4 Å². The second kappa shape index (κ2) is 10.8. The molecule has 40 heavy (non-hydrogen) atoms. The Morgan fingerprint density at radius 2 is 1.68 bits per heavy atom. The van der Waals surface area contributed by atoms with E-state index in [4.69, 9.17) is 4.74 Å². The highest BCUT2D eigenvalue weighted by Crippen LogP contribution is 2.32. The van der Waals surface area contributed by atoms with Gasteiger partial charge in [0.25, 0.3) is 5.56 Å². The zero-order valence-corrected chi connectivity index (χ0v) is 24.3. The molecule has 10 heteroatoms. The maximum Gasteiger partial charge on any atom is 0.259 e. The molecule has 0 saturated carbocycles. The number of benzene rings is 2. The second-order valence-electron chi connectivity index (χ2n) is 10.3. The predicted molar refractivity (Wildman–Crippen MR) is 161 cm³/mol. The van der Waals surface area contributed by atoms with Crippen molar-refractivity contribution in [1.82, 2.24) is 9.55 Å². The summed E-state index contributed by atoms with van der Waals surface area (Å²) in [5, 5.41) is 4.91. The largest absolute Gasteiger partial charge is 0.481 e. The molecule has 1 saturated heterocycles. The third-order valence-corrected chi connectivity index (χ3v) is 8.69. The number of fused-ring (bicyclic) bond motifs is 1. The molecule has 0 unspecified atom stereocenters. The van der Waals surface area contributed by atoms with Crippen molar-refractivity contribution in [3.05, 3.63) is 82.3 Å². The van der Waals surface area contributed by atoms with Crippen molar-refractivity contribution < 1.29 is 13.2 Å². The van der Waals surface area contributed by atoms with Crippen LogP contribution in [0.25, 0.3) is 10.8 Å². The summed E-state index contributed by atoms with van der Waals surface area (Å²) in [7, 11) is 0.0158. The smallest absolute Gasteiger partial charge is 0.259 e. The average Bonchev–Trinajstić information content (AvgIpc) is 2.94. The number of hydrogen-bond acceptors (Lipinski definition) is 8. The zero-order chi connectivity index (χ0) is 28.6. The Bertz CT molecular complexity index is 1710. The van der Waals surface area contributed by atoms with Crippen LogP contribution in [0.5, 0.6) is 5.88 Å². The molecule has 1 fully saturated rings. The van der Waals surface area contributed by atoms with E-state index in [0.717, 1.165) is 54.2 Å². The van der Waals surface area contributed by atoms with Crippen molar-refractivity contribution in [3.63, 3.8) is 0 Å². The first kappa shape index (κ1) is 27.5. The number of ether oxygens (including phenoxy) is 1. The van der Waals surface area contributed by atoms with E-state index in [1.165, 1.54) is 6.26 Å². The van der Waals surface area contributed by atoms with Crippen LogP contribution in [0.2, 0.25) is 0 Å². The van der Waals surface area contributed by atoms with Crippen molar-refractivity contribution in [2.45, 2.75) is 24.8 Å². The molecule has 3 heterocycles. The maximum atomic E-state index is 13.6. The van der Waals surface area contributed by atoms with Crippen LogP contribution in [0.15, 0.2) is 70.5 Å². The fourth-order valence-electron chi connectivity index (χ4n) is 5.43. The molecular weight excluding hydrogens is 526 g/mol. The van der Waals surface area contributed by atoms with Gasteiger partial charge in [0.05, 0.1) is 29.6 Å². The zero-order valence-electron chi connectivity index (χ0n) is 23.5. The lowest BCUT2D eigenvalue weighted by Crippen LogP contribution is -2.48. The van der Waals surface area contributed by atoms with E-state index in [-0.39, 0.29) is 16.5 Å². The average molecular weight is 562 g/mol. The molecule has 1 N–H and O–H groups in total. The number of pyridine rings is 2. The van der Waals surface area contributed by atoms with Gasteiger partial charge in [0.2, 0.25) is 5.88 Å². The molecule has 9 nitrogen and oxygen atoms in total. The van der Waals surface area contributed by atoms with Crippen LogP contribution in [0.3, 0.4) is 0 Å². The van der Waals surface area contributed by atoms with E-state index < -0.39 is 9.84 Å². The number of sulfone groups is 1. The van der Waals surface area contributed by atoms with E-state index in [1.54, 1.807) is 29.9 Å². The predicted octanol–water partition coefficient (Wildman–Crippen LogP) is 4.15. The van der Waals surface area contributed by atoms with Gasteiger partial charge in [-0.1, -0.05) is 18.2 Å². The van der Waals surface area contributed by atoms with Crippen molar-refractivity contribution >= 4 is 37.8 Å². The normalized spacial score (nSPS) is 14.8. The highest BCUT2D eigenvalue weighted by Gasteiger charge is 2.23. The first-order valence-electron chi connectivity index (χ1n) is 13.3. The topological polar surface area (TPSA) is 96.8 Å². The standard InChI is InChI=1S/C30H35N5O4S/c1-20-16-23(21(2)32-26-8-6-7-9-27(26)40(5,37)38)24-18-29(33(3)30(36)25(24)17-20)35-14-12-34(13-15-35)22-10-11-28(39-4)31-19-22/h6-11,16-19,21,32H,12-15H2,1-5H3/t21-/m1/s1. The number of aromatic nitrogens is 2. The van der Waals surface area contributed by atoms with Crippen molar-refractivity contribution in [2.75, 3.05) is 54.7 Å². The highest BCUT2D eigenvalue weighted by molar-refractivity contribution is 7.90. The fraction of sp³-hybridized carbons (Fsp3) is 0.333. The molecule has 0 radical (unpaired) electrons. The van der Waals surface area contributed by atoms with Crippen molar-refractivity contribution in [1.29, 1.82) is 0 Å². The minimum absolute atomic E-state index is 0.0528. The lowest BCUT2D eigenvalue weighted by molar-refractivity contribution is 0.398. The highest BCUT2D eigenvalue weighted by atomic mass is 32.2. The Morgan fingerprint density at radius 3 is 2.33 bits per heavy atom. The summed E-state index contributed by atoms with van der Waals surface area (Å²) in [6, 6.07) is 16.6. The fourth-order valence-corrected chi connectivity index (χ4v) is 6.28. The van der Waals surface area contributed by atoms with Gasteiger partial charge in [-0.15, -0.1) is 0 Å². The van der Waals surface area contributed by atoms with Gasteiger partial charge in [0.1, 0.15) is 5.82 Å². The summed E-state index contributed by atoms with van der Waals surface area (Å²) in [6.07, 6.45) is 3.03. The Hall–Kier alpha value is -4.05. The number of piperazine rings is 1. The van der Waals surface area contributed by atoms with Crippen LogP contribution in [-0.2, 0) is 16.9 Å². The first-order valence-corrected chi connectivity index (χ1v) is 15.2. The Kier molecular flexibility index (Phi) is 7.46. The third-order valence-electron chi connectivity index (χ3n) is 7.53. The van der Waals surface area contributed by atoms with Crippen LogP contribution in [0.1, 0.15) is 24.1 Å². The molecule has 2 aromatic carbocycles. The molecule has 0 aliphatic carbocycles. The van der Waals surface area contributed by atoms with Gasteiger partial charge in [-0.3, -0.25) is 9.36 Å². The lowest BCUT2D eigenvalue weighted by Gasteiger charge is -2.38. The van der Waals surface area contributed by atoms with Gasteiger partial charge in [-0.25, -0.2) is 13.4 Å². The SMILES string of the molecule is COc1ccc(N2CCN(c3cc4c([C@@H](C)Nc5ccccc5S(C)(=O)=O)cc(C)cc4c(=O)n3C)CC2)cn1. The number of rotatable bonds is 7. The number of aryl methyl sites for hydroxylation is 1. The van der Waals surface area contributed by atoms with Crippen LogP contribution in [0, 0.1) is 6.92 Å². The second-order valence-corrected chi connectivity index (χ2v) is 12.3. The molecule has 1 atom stereocenters. The molecule has 1 aliphatic rings. The van der Waals surface area contributed by atoms with Gasteiger partial charge in [0, 0.05) is 57.0 Å². The maximum absolute atomic E-state index is 13.6. The van der Waals surface area contributed by atoms with E-state index >= 15 is 0 Å². The van der Waals surface area contributed by atoms with Crippen LogP contribution in [-0.4, -0.2) is 57.5 Å². The number of methoxy groups -OCH3 is 1. The van der Waals surface area contributed by atoms with Crippen LogP contribution in [0.4, 0.5) is 17.2 Å². The lowest BCUT2D eigenvalue weighted by atomic mass is 9.97. The summed E-state index contributed by atoms with van der Waals surface area (Å²) >= 11 is 0. The number of hydrogen-bond donors (Lipinski definition) is 1. The Balaban J connectivity index is 1.47. The Morgan fingerprint density at radius 1 is 0.975 bits per heavy atom. The molecule has 0 spiro atoms. The minimum Gasteiger partial charge on any atom is -0.481 e. The molecule has 5 rings (SSSR count). The van der Waals surface area contributed by atoms with E-state index in [0.29, 0.717) is 17.0 Å². The Labute approximate surface area is 234 Å². The van der Waals surface area contributed by atoms with E-state index in [1.807, 2.05) is 51.4 Å². The summed E-state index contributed by atoms with van der Waals surface area (Å²) in [4.78, 5) is 22.7. The summed E-state index contributed by atoms with van der Waals surface area (Å²) in [6.45, 7) is 7.05. The minimum atomic E-state index is -3.41. The summed E-state index contributed by atoms with van der Waals surface area (Å²) in [5.74, 6) is 1.45. The van der Waals surface area contributed by atoms with Gasteiger partial charge in [-0.2, -0.15) is 0 Å².